The van der Waals surface area contributed by atoms with E-state index in [-0.39, 0.29) is 11.8 Å². The molecule has 0 saturated heterocycles. The SMILES string of the molecule is CCCCN(C(=O)CC)C(C(=O)NCc1ccccc1)c1ccc(OC)cc1. The van der Waals surface area contributed by atoms with Crippen molar-refractivity contribution < 1.29 is 14.3 Å². The van der Waals surface area contributed by atoms with Crippen molar-refractivity contribution in [1.29, 1.82) is 0 Å². The first-order valence-corrected chi connectivity index (χ1v) is 9.85. The Morgan fingerprint density at radius 2 is 1.71 bits per heavy atom. The lowest BCUT2D eigenvalue weighted by Gasteiger charge is -2.31. The number of rotatable bonds is 10. The van der Waals surface area contributed by atoms with Crippen molar-refractivity contribution in [3.63, 3.8) is 0 Å². The van der Waals surface area contributed by atoms with Crippen LogP contribution in [0.25, 0.3) is 0 Å². The Balaban J connectivity index is 2.29. The maximum absolute atomic E-state index is 13.2. The highest BCUT2D eigenvalue weighted by Gasteiger charge is 2.30. The second kappa shape index (κ2) is 11.1. The summed E-state index contributed by atoms with van der Waals surface area (Å²) in [6.45, 7) is 4.88. The molecular formula is C23H30N2O3. The number of carbonyl (C=O) groups is 2. The average molecular weight is 383 g/mol. The minimum atomic E-state index is -0.659. The van der Waals surface area contributed by atoms with Crippen LogP contribution in [0.4, 0.5) is 0 Å². The standard InChI is InChI=1S/C23H30N2O3/c1-4-6-16-25(21(26)5-2)22(19-12-14-20(28-3)15-13-19)23(27)24-17-18-10-8-7-9-11-18/h7-15,22H,4-6,16-17H2,1-3H3,(H,24,27). The van der Waals surface area contributed by atoms with E-state index in [0.717, 1.165) is 24.0 Å². The highest BCUT2D eigenvalue weighted by molar-refractivity contribution is 5.88. The van der Waals surface area contributed by atoms with Crippen molar-refractivity contribution in [3.8, 4) is 5.75 Å². The third kappa shape index (κ3) is 5.84. The van der Waals surface area contributed by atoms with Crippen molar-refractivity contribution in [2.75, 3.05) is 13.7 Å². The molecule has 5 nitrogen and oxygen atoms in total. The zero-order valence-corrected chi connectivity index (χ0v) is 17.0. The van der Waals surface area contributed by atoms with Crippen molar-refractivity contribution in [1.82, 2.24) is 10.2 Å². The maximum Gasteiger partial charge on any atom is 0.247 e. The van der Waals surface area contributed by atoms with Gasteiger partial charge in [-0.2, -0.15) is 0 Å². The van der Waals surface area contributed by atoms with Crippen LogP contribution in [0.15, 0.2) is 54.6 Å². The molecule has 2 rings (SSSR count). The third-order valence-electron chi connectivity index (χ3n) is 4.68. The Morgan fingerprint density at radius 3 is 2.29 bits per heavy atom. The lowest BCUT2D eigenvalue weighted by Crippen LogP contribution is -2.43. The molecule has 1 atom stereocenters. The largest absolute Gasteiger partial charge is 0.497 e. The molecule has 150 valence electrons. The van der Waals surface area contributed by atoms with E-state index >= 15 is 0 Å². The van der Waals surface area contributed by atoms with Gasteiger partial charge in [-0.25, -0.2) is 0 Å². The van der Waals surface area contributed by atoms with E-state index < -0.39 is 6.04 Å². The quantitative estimate of drug-likeness (QED) is 0.673. The van der Waals surface area contributed by atoms with Gasteiger partial charge in [0.2, 0.25) is 11.8 Å². The van der Waals surface area contributed by atoms with Crippen LogP contribution in [0.3, 0.4) is 0 Å². The van der Waals surface area contributed by atoms with Crippen LogP contribution in [0, 0.1) is 0 Å². The number of hydrogen-bond acceptors (Lipinski definition) is 3. The molecule has 0 aliphatic heterocycles. The average Bonchev–Trinajstić information content (AvgIpc) is 2.75. The van der Waals surface area contributed by atoms with Gasteiger partial charge in [0.25, 0.3) is 0 Å². The molecular weight excluding hydrogens is 352 g/mol. The van der Waals surface area contributed by atoms with Gasteiger partial charge in [-0.05, 0) is 29.7 Å². The van der Waals surface area contributed by atoms with E-state index in [2.05, 4.69) is 12.2 Å². The fourth-order valence-electron chi connectivity index (χ4n) is 3.07. The maximum atomic E-state index is 13.2. The Kier molecular flexibility index (Phi) is 8.53. The number of hydrogen-bond donors (Lipinski definition) is 1. The zero-order chi connectivity index (χ0) is 20.4. The minimum absolute atomic E-state index is 0.0240. The first-order chi connectivity index (χ1) is 13.6. The number of nitrogens with zero attached hydrogens (tertiary/aromatic N) is 1. The smallest absolute Gasteiger partial charge is 0.247 e. The van der Waals surface area contributed by atoms with Crippen LogP contribution in [-0.4, -0.2) is 30.4 Å². The van der Waals surface area contributed by atoms with Crippen LogP contribution in [0.1, 0.15) is 50.3 Å². The Bertz CT molecular complexity index is 744. The van der Waals surface area contributed by atoms with Gasteiger partial charge in [0, 0.05) is 19.5 Å². The molecule has 2 amide bonds. The predicted octanol–water partition coefficient (Wildman–Crippen LogP) is 4.09. The van der Waals surface area contributed by atoms with E-state index in [0.29, 0.717) is 25.3 Å². The van der Waals surface area contributed by atoms with Crippen molar-refractivity contribution in [2.24, 2.45) is 0 Å². The number of unbranched alkanes of at least 4 members (excludes halogenated alkanes) is 1. The monoisotopic (exact) mass is 382 g/mol. The van der Waals surface area contributed by atoms with Gasteiger partial charge in [-0.1, -0.05) is 62.7 Å². The number of nitrogens with one attached hydrogen (secondary N) is 1. The summed E-state index contributed by atoms with van der Waals surface area (Å²) >= 11 is 0. The molecule has 0 radical (unpaired) electrons. The highest BCUT2D eigenvalue weighted by atomic mass is 16.5. The molecule has 5 heteroatoms. The second-order valence-corrected chi connectivity index (χ2v) is 6.67. The lowest BCUT2D eigenvalue weighted by molar-refractivity contribution is -0.140. The molecule has 1 N–H and O–H groups in total. The molecule has 0 aliphatic rings. The summed E-state index contributed by atoms with van der Waals surface area (Å²) in [5.41, 5.74) is 1.80. The van der Waals surface area contributed by atoms with Crippen LogP contribution in [0.5, 0.6) is 5.75 Å². The highest BCUT2D eigenvalue weighted by Crippen LogP contribution is 2.25. The Hall–Kier alpha value is -2.82. The number of amides is 2. The van der Waals surface area contributed by atoms with Gasteiger partial charge in [0.1, 0.15) is 11.8 Å². The summed E-state index contributed by atoms with van der Waals surface area (Å²) in [7, 11) is 1.60. The van der Waals surface area contributed by atoms with Crippen molar-refractivity contribution >= 4 is 11.8 Å². The zero-order valence-electron chi connectivity index (χ0n) is 17.0. The van der Waals surface area contributed by atoms with Gasteiger partial charge in [-0.15, -0.1) is 0 Å². The molecule has 1 unspecified atom stereocenters. The van der Waals surface area contributed by atoms with Gasteiger partial charge >= 0.3 is 0 Å². The molecule has 0 saturated carbocycles. The summed E-state index contributed by atoms with van der Waals surface area (Å²) in [5, 5.41) is 3.00. The molecule has 0 heterocycles. The van der Waals surface area contributed by atoms with Crippen LogP contribution < -0.4 is 10.1 Å². The number of methoxy groups -OCH3 is 1. The van der Waals surface area contributed by atoms with E-state index in [1.54, 1.807) is 12.0 Å². The van der Waals surface area contributed by atoms with E-state index in [9.17, 15) is 9.59 Å². The Morgan fingerprint density at radius 1 is 1.04 bits per heavy atom. The molecule has 0 aliphatic carbocycles. The molecule has 0 fully saturated rings. The summed E-state index contributed by atoms with van der Waals surface area (Å²) in [5.74, 6) is 0.519. The number of ether oxygens (including phenoxy) is 1. The molecule has 0 aromatic heterocycles. The first kappa shape index (κ1) is 21.5. The number of benzene rings is 2. The molecule has 2 aromatic carbocycles. The third-order valence-corrected chi connectivity index (χ3v) is 4.68. The first-order valence-electron chi connectivity index (χ1n) is 9.85. The van der Waals surface area contributed by atoms with Crippen LogP contribution >= 0.6 is 0 Å². The summed E-state index contributed by atoms with van der Waals surface area (Å²) in [6, 6.07) is 16.5. The molecule has 0 bridgehead atoms. The number of carbonyl (C=O) groups excluding carboxylic acids is 2. The molecule has 2 aromatic rings. The van der Waals surface area contributed by atoms with Gasteiger partial charge in [-0.3, -0.25) is 9.59 Å². The van der Waals surface area contributed by atoms with Crippen molar-refractivity contribution in [2.45, 2.75) is 45.7 Å². The van der Waals surface area contributed by atoms with Gasteiger partial charge in [0.15, 0.2) is 0 Å². The fourth-order valence-corrected chi connectivity index (χ4v) is 3.07. The minimum Gasteiger partial charge on any atom is -0.497 e. The topological polar surface area (TPSA) is 58.6 Å². The summed E-state index contributed by atoms with van der Waals surface area (Å²) < 4.78 is 5.23. The van der Waals surface area contributed by atoms with Crippen LogP contribution in [-0.2, 0) is 16.1 Å². The van der Waals surface area contributed by atoms with E-state index in [4.69, 9.17) is 4.74 Å². The van der Waals surface area contributed by atoms with Gasteiger partial charge < -0.3 is 15.0 Å². The lowest BCUT2D eigenvalue weighted by atomic mass is 10.0. The van der Waals surface area contributed by atoms with E-state index in [1.165, 1.54) is 0 Å². The summed E-state index contributed by atoms with van der Waals surface area (Å²) in [6.07, 6.45) is 2.17. The summed E-state index contributed by atoms with van der Waals surface area (Å²) in [4.78, 5) is 27.5. The Labute approximate surface area is 167 Å². The predicted molar refractivity (Wildman–Crippen MR) is 111 cm³/mol. The fraction of sp³-hybridized carbons (Fsp3) is 0.391. The van der Waals surface area contributed by atoms with Crippen molar-refractivity contribution in [3.05, 3.63) is 65.7 Å². The second-order valence-electron chi connectivity index (χ2n) is 6.67. The molecule has 28 heavy (non-hydrogen) atoms. The molecule has 0 spiro atoms. The van der Waals surface area contributed by atoms with E-state index in [1.807, 2.05) is 61.5 Å². The van der Waals surface area contributed by atoms with Crippen LogP contribution in [0.2, 0.25) is 0 Å². The normalized spacial score (nSPS) is 11.5. The van der Waals surface area contributed by atoms with Gasteiger partial charge in [0.05, 0.1) is 7.11 Å².